The molecule has 2 aromatic rings. The maximum Gasteiger partial charge on any atom is 0.329 e. The third kappa shape index (κ3) is 8.14. The Bertz CT molecular complexity index is 893. The van der Waals surface area contributed by atoms with Crippen LogP contribution in [0.2, 0.25) is 0 Å². The fourth-order valence-electron chi connectivity index (χ4n) is 2.38. The summed E-state index contributed by atoms with van der Waals surface area (Å²) < 4.78 is 5.71. The second-order valence-electron chi connectivity index (χ2n) is 6.94. The van der Waals surface area contributed by atoms with Crippen molar-refractivity contribution in [2.75, 3.05) is 5.32 Å². The van der Waals surface area contributed by atoms with Gasteiger partial charge in [0.2, 0.25) is 5.91 Å². The second-order valence-corrected chi connectivity index (χ2v) is 6.94. The topological polar surface area (TPSA) is 109 Å². The number of amides is 3. The Morgan fingerprint density at radius 3 is 2.27 bits per heavy atom. The molecule has 0 heterocycles. The van der Waals surface area contributed by atoms with Crippen LogP contribution in [0.1, 0.15) is 32.8 Å². The van der Waals surface area contributed by atoms with Crippen molar-refractivity contribution >= 4 is 29.1 Å². The summed E-state index contributed by atoms with van der Waals surface area (Å²) in [6.45, 7) is 5.53. The lowest BCUT2D eigenvalue weighted by Crippen LogP contribution is -2.41. The van der Waals surface area contributed by atoms with Crippen LogP contribution < -0.4 is 20.8 Å². The molecule has 0 bridgehead atoms. The first-order chi connectivity index (χ1) is 14.3. The van der Waals surface area contributed by atoms with Crippen molar-refractivity contribution in [2.24, 2.45) is 5.10 Å². The van der Waals surface area contributed by atoms with Gasteiger partial charge in [-0.05, 0) is 50.6 Å². The van der Waals surface area contributed by atoms with Gasteiger partial charge in [-0.3, -0.25) is 14.4 Å². The largest absolute Gasteiger partial charge is 0.489 e. The van der Waals surface area contributed by atoms with E-state index in [-0.39, 0.29) is 18.4 Å². The molecular formula is C22H26N4O4. The maximum absolute atomic E-state index is 12.1. The van der Waals surface area contributed by atoms with Gasteiger partial charge < -0.3 is 15.4 Å². The van der Waals surface area contributed by atoms with Crippen molar-refractivity contribution < 1.29 is 19.1 Å². The summed E-state index contributed by atoms with van der Waals surface area (Å²) >= 11 is 0. The van der Waals surface area contributed by atoms with Gasteiger partial charge in [0.25, 0.3) is 0 Å². The molecule has 0 spiro atoms. The molecule has 158 valence electrons. The van der Waals surface area contributed by atoms with E-state index in [1.165, 1.54) is 0 Å². The normalized spacial score (nSPS) is 11.0. The van der Waals surface area contributed by atoms with E-state index in [0.29, 0.717) is 23.8 Å². The van der Waals surface area contributed by atoms with Gasteiger partial charge in [-0.2, -0.15) is 5.10 Å². The number of hydrazone groups is 1. The average Bonchev–Trinajstić information content (AvgIpc) is 2.71. The van der Waals surface area contributed by atoms with Gasteiger partial charge in [0.1, 0.15) is 12.4 Å². The quantitative estimate of drug-likeness (QED) is 0.353. The van der Waals surface area contributed by atoms with Crippen molar-refractivity contribution in [1.82, 2.24) is 10.7 Å². The van der Waals surface area contributed by atoms with Crippen LogP contribution in [-0.2, 0) is 21.0 Å². The summed E-state index contributed by atoms with van der Waals surface area (Å²) in [5.41, 5.74) is 4.17. The van der Waals surface area contributed by atoms with Crippen LogP contribution in [0.4, 0.5) is 5.69 Å². The predicted molar refractivity (Wildman–Crippen MR) is 115 cm³/mol. The molecule has 0 radical (unpaired) electrons. The molecule has 3 N–H and O–H groups in total. The van der Waals surface area contributed by atoms with Gasteiger partial charge in [-0.25, -0.2) is 5.43 Å². The van der Waals surface area contributed by atoms with Crippen molar-refractivity contribution in [1.29, 1.82) is 0 Å². The third-order valence-corrected chi connectivity index (χ3v) is 3.78. The number of nitrogens with one attached hydrogen (secondary N) is 3. The first-order valence-electron chi connectivity index (χ1n) is 9.54. The summed E-state index contributed by atoms with van der Waals surface area (Å²) in [6.07, 6.45) is -0.0294. The van der Waals surface area contributed by atoms with E-state index in [0.717, 1.165) is 5.56 Å². The highest BCUT2D eigenvalue weighted by Gasteiger charge is 2.14. The number of anilines is 1. The average molecular weight is 410 g/mol. The number of carbonyl (C=O) groups is 3. The fourth-order valence-corrected chi connectivity index (χ4v) is 2.38. The molecule has 0 aromatic heterocycles. The van der Waals surface area contributed by atoms with Crippen LogP contribution in [0.3, 0.4) is 0 Å². The Morgan fingerprint density at radius 2 is 1.63 bits per heavy atom. The third-order valence-electron chi connectivity index (χ3n) is 3.78. The van der Waals surface area contributed by atoms with Crippen LogP contribution in [-0.4, -0.2) is 29.5 Å². The zero-order valence-electron chi connectivity index (χ0n) is 17.3. The molecule has 2 rings (SSSR count). The highest BCUT2D eigenvalue weighted by Crippen LogP contribution is 2.17. The standard InChI is InChI=1S/C22H26N4O4/c1-15(2)23-21(28)22(29)26-25-16(3)13-20(27)24-18-9-11-19(12-10-18)30-14-17-7-5-4-6-8-17/h4-12,15H,13-14H2,1-3H3,(H,23,28)(H,24,27)(H,26,29). The van der Waals surface area contributed by atoms with Crippen molar-refractivity contribution in [3.05, 3.63) is 60.2 Å². The molecule has 8 heteroatoms. The number of hydrogen-bond acceptors (Lipinski definition) is 5. The lowest BCUT2D eigenvalue weighted by atomic mass is 10.2. The molecule has 0 saturated heterocycles. The molecule has 0 aliphatic carbocycles. The Morgan fingerprint density at radius 1 is 0.967 bits per heavy atom. The van der Waals surface area contributed by atoms with E-state index in [2.05, 4.69) is 21.2 Å². The van der Waals surface area contributed by atoms with Gasteiger partial charge in [0.05, 0.1) is 6.42 Å². The molecule has 0 aliphatic heterocycles. The van der Waals surface area contributed by atoms with Crippen LogP contribution >= 0.6 is 0 Å². The van der Waals surface area contributed by atoms with Crippen molar-refractivity contribution in [3.63, 3.8) is 0 Å². The molecule has 0 unspecified atom stereocenters. The molecule has 2 aromatic carbocycles. The molecule has 30 heavy (non-hydrogen) atoms. The minimum atomic E-state index is -0.880. The number of rotatable bonds is 8. The lowest BCUT2D eigenvalue weighted by molar-refractivity contribution is -0.139. The summed E-state index contributed by atoms with van der Waals surface area (Å²) in [5, 5.41) is 8.97. The van der Waals surface area contributed by atoms with E-state index in [1.807, 2.05) is 30.3 Å². The Kier molecular flexibility index (Phi) is 8.56. The second kappa shape index (κ2) is 11.4. The van der Waals surface area contributed by atoms with Gasteiger partial charge in [-0.15, -0.1) is 0 Å². The van der Waals surface area contributed by atoms with Crippen LogP contribution in [0.25, 0.3) is 0 Å². The summed E-state index contributed by atoms with van der Waals surface area (Å²) in [7, 11) is 0. The van der Waals surface area contributed by atoms with Gasteiger partial charge in [0.15, 0.2) is 0 Å². The monoisotopic (exact) mass is 410 g/mol. The smallest absolute Gasteiger partial charge is 0.329 e. The first kappa shape index (κ1) is 22.6. The predicted octanol–water partition coefficient (Wildman–Crippen LogP) is 2.61. The van der Waals surface area contributed by atoms with Gasteiger partial charge in [-0.1, -0.05) is 30.3 Å². The minimum Gasteiger partial charge on any atom is -0.489 e. The number of hydrogen-bond donors (Lipinski definition) is 3. The molecule has 0 saturated carbocycles. The molecule has 0 atom stereocenters. The van der Waals surface area contributed by atoms with Crippen LogP contribution in [0, 0.1) is 0 Å². The minimum absolute atomic E-state index is 0.0294. The highest BCUT2D eigenvalue weighted by molar-refractivity contribution is 6.35. The van der Waals surface area contributed by atoms with E-state index in [4.69, 9.17) is 4.74 Å². The molecule has 3 amide bonds. The Balaban J connectivity index is 1.78. The zero-order valence-corrected chi connectivity index (χ0v) is 17.3. The lowest BCUT2D eigenvalue weighted by Gasteiger charge is -2.09. The van der Waals surface area contributed by atoms with Crippen LogP contribution in [0.15, 0.2) is 59.7 Å². The summed E-state index contributed by atoms with van der Waals surface area (Å²) in [4.78, 5) is 35.2. The molecule has 0 fully saturated rings. The zero-order chi connectivity index (χ0) is 21.9. The highest BCUT2D eigenvalue weighted by atomic mass is 16.5. The van der Waals surface area contributed by atoms with Gasteiger partial charge in [0, 0.05) is 17.4 Å². The maximum atomic E-state index is 12.1. The Labute approximate surface area is 175 Å². The molecule has 0 aliphatic rings. The van der Waals surface area contributed by atoms with Crippen LogP contribution in [0.5, 0.6) is 5.75 Å². The first-order valence-corrected chi connectivity index (χ1v) is 9.54. The fraction of sp³-hybridized carbons (Fsp3) is 0.273. The van der Waals surface area contributed by atoms with E-state index in [1.54, 1.807) is 45.0 Å². The molecule has 8 nitrogen and oxygen atoms in total. The van der Waals surface area contributed by atoms with Crippen molar-refractivity contribution in [3.8, 4) is 5.75 Å². The van der Waals surface area contributed by atoms with Crippen molar-refractivity contribution in [2.45, 2.75) is 39.8 Å². The number of benzene rings is 2. The SMILES string of the molecule is CC(CC(=O)Nc1ccc(OCc2ccccc2)cc1)=NNC(=O)C(=O)NC(C)C. The van der Waals surface area contributed by atoms with E-state index >= 15 is 0 Å². The number of carbonyl (C=O) groups excluding carboxylic acids is 3. The summed E-state index contributed by atoms with van der Waals surface area (Å²) in [6, 6.07) is 16.7. The van der Waals surface area contributed by atoms with Gasteiger partial charge >= 0.3 is 11.8 Å². The van der Waals surface area contributed by atoms with E-state index in [9.17, 15) is 14.4 Å². The summed E-state index contributed by atoms with van der Waals surface area (Å²) in [5.74, 6) is -1.26. The number of nitrogens with zero attached hydrogens (tertiary/aromatic N) is 1. The molecular weight excluding hydrogens is 384 g/mol. The van der Waals surface area contributed by atoms with E-state index < -0.39 is 11.8 Å². The number of ether oxygens (including phenoxy) is 1. The Hall–Kier alpha value is -3.68.